The summed E-state index contributed by atoms with van der Waals surface area (Å²) >= 11 is 5.92. The molecule has 5 nitrogen and oxygen atoms in total. The molecule has 0 bridgehead atoms. The Morgan fingerprint density at radius 2 is 1.71 bits per heavy atom. The van der Waals surface area contributed by atoms with Gasteiger partial charge >= 0.3 is 6.18 Å². The van der Waals surface area contributed by atoms with E-state index in [9.17, 15) is 22.8 Å². The van der Waals surface area contributed by atoms with Crippen molar-refractivity contribution in [3.63, 3.8) is 0 Å². The molecule has 4 aromatic rings. The molecule has 0 radical (unpaired) electrons. The Hall–Kier alpha value is -3.26. The quantitative estimate of drug-likeness (QED) is 0.448. The number of amides is 1. The average Bonchev–Trinajstić information content (AvgIpc) is 3.22. The Kier molecular flexibility index (Phi) is 5.49. The zero-order valence-electron chi connectivity index (χ0n) is 16.1. The molecule has 0 aliphatic carbocycles. The summed E-state index contributed by atoms with van der Waals surface area (Å²) in [5.74, 6) is -0.484. The lowest BCUT2D eigenvalue weighted by molar-refractivity contribution is -0.137. The molecule has 160 valence electrons. The minimum Gasteiger partial charge on any atom is -0.325 e. The first-order valence-electron chi connectivity index (χ1n) is 9.51. The Morgan fingerprint density at radius 3 is 2.45 bits per heavy atom. The van der Waals surface area contributed by atoms with Gasteiger partial charge in [0.2, 0.25) is 5.91 Å². The molecule has 0 saturated heterocycles. The molecule has 0 aliphatic heterocycles. The fourth-order valence-corrected chi connectivity index (χ4v) is 3.70. The van der Waals surface area contributed by atoms with Gasteiger partial charge in [0.05, 0.1) is 27.3 Å². The van der Waals surface area contributed by atoms with Crippen molar-refractivity contribution < 1.29 is 18.0 Å². The van der Waals surface area contributed by atoms with Gasteiger partial charge in [-0.15, -0.1) is 0 Å². The fraction of sp³-hybridized carbons (Fsp3) is 0.182. The standard InChI is InChI=1S/C22H17ClF3N3O2/c23-15-10-9-14(22(24,25)26)13-16(15)27-20(30)8-4-12-29-18-6-2-1-5-17(18)28-11-3-7-19(28)21(29)31/h1-3,5-7,9-11,13H,4,8,12H2,(H,27,30). The van der Waals surface area contributed by atoms with Gasteiger partial charge in [-0.3, -0.25) is 9.59 Å². The predicted molar refractivity (Wildman–Crippen MR) is 113 cm³/mol. The summed E-state index contributed by atoms with van der Waals surface area (Å²) in [7, 11) is 0. The van der Waals surface area contributed by atoms with Crippen LogP contribution >= 0.6 is 11.6 Å². The number of carbonyl (C=O) groups excluding carboxylic acids is 1. The van der Waals surface area contributed by atoms with Crippen LogP contribution in [0.3, 0.4) is 0 Å². The molecule has 0 unspecified atom stereocenters. The molecule has 0 aliphatic rings. The van der Waals surface area contributed by atoms with E-state index in [0.29, 0.717) is 11.9 Å². The molecular weight excluding hydrogens is 431 g/mol. The predicted octanol–water partition coefficient (Wildman–Crippen LogP) is 5.35. The number of anilines is 1. The van der Waals surface area contributed by atoms with Crippen LogP contribution in [0.25, 0.3) is 16.6 Å². The maximum Gasteiger partial charge on any atom is 0.416 e. The van der Waals surface area contributed by atoms with Crippen LogP contribution in [0.5, 0.6) is 0 Å². The normalized spacial score (nSPS) is 11.9. The van der Waals surface area contributed by atoms with E-state index in [1.54, 1.807) is 16.7 Å². The van der Waals surface area contributed by atoms with Gasteiger partial charge in [0, 0.05) is 19.2 Å². The number of nitrogens with one attached hydrogen (secondary N) is 1. The zero-order valence-corrected chi connectivity index (χ0v) is 16.9. The first kappa shape index (κ1) is 21.0. The molecule has 2 aromatic heterocycles. The number of alkyl halides is 3. The number of halogens is 4. The molecule has 2 aromatic carbocycles. The van der Waals surface area contributed by atoms with E-state index in [-0.39, 0.29) is 29.2 Å². The van der Waals surface area contributed by atoms with Crippen LogP contribution in [-0.2, 0) is 17.5 Å². The number of rotatable bonds is 5. The second-order valence-corrected chi connectivity index (χ2v) is 7.46. The number of fused-ring (bicyclic) bond motifs is 3. The monoisotopic (exact) mass is 447 g/mol. The van der Waals surface area contributed by atoms with E-state index in [2.05, 4.69) is 5.32 Å². The third kappa shape index (κ3) is 4.16. The van der Waals surface area contributed by atoms with Crippen molar-refractivity contribution in [2.24, 2.45) is 0 Å². The SMILES string of the molecule is O=C(CCCn1c(=O)c2cccn2c2ccccc21)Nc1cc(C(F)(F)F)ccc1Cl. The van der Waals surface area contributed by atoms with Crippen molar-refractivity contribution in [3.05, 3.63) is 81.7 Å². The molecule has 31 heavy (non-hydrogen) atoms. The van der Waals surface area contributed by atoms with Crippen molar-refractivity contribution in [2.75, 3.05) is 5.32 Å². The van der Waals surface area contributed by atoms with Crippen molar-refractivity contribution in [3.8, 4) is 0 Å². The highest BCUT2D eigenvalue weighted by molar-refractivity contribution is 6.33. The number of hydrogen-bond acceptors (Lipinski definition) is 2. The molecule has 2 heterocycles. The Morgan fingerprint density at radius 1 is 1.00 bits per heavy atom. The second-order valence-electron chi connectivity index (χ2n) is 7.05. The molecule has 0 saturated carbocycles. The Balaban J connectivity index is 1.50. The number of benzene rings is 2. The molecule has 0 fully saturated rings. The van der Waals surface area contributed by atoms with Gasteiger partial charge in [-0.25, -0.2) is 0 Å². The van der Waals surface area contributed by atoms with Gasteiger partial charge in [-0.2, -0.15) is 13.2 Å². The topological polar surface area (TPSA) is 55.5 Å². The highest BCUT2D eigenvalue weighted by atomic mass is 35.5. The van der Waals surface area contributed by atoms with Crippen LogP contribution in [0.1, 0.15) is 18.4 Å². The fourth-order valence-electron chi connectivity index (χ4n) is 3.54. The van der Waals surface area contributed by atoms with Gasteiger partial charge in [-0.05, 0) is 48.9 Å². The van der Waals surface area contributed by atoms with E-state index in [1.807, 2.05) is 34.9 Å². The number of carbonyl (C=O) groups is 1. The minimum absolute atomic E-state index is 0.0134. The van der Waals surface area contributed by atoms with E-state index in [1.165, 1.54) is 0 Å². The van der Waals surface area contributed by atoms with Crippen molar-refractivity contribution in [1.29, 1.82) is 0 Å². The summed E-state index contributed by atoms with van der Waals surface area (Å²) < 4.78 is 42.1. The van der Waals surface area contributed by atoms with E-state index >= 15 is 0 Å². The number of aromatic nitrogens is 2. The molecule has 1 N–H and O–H groups in total. The van der Waals surface area contributed by atoms with Crippen molar-refractivity contribution >= 4 is 39.7 Å². The van der Waals surface area contributed by atoms with Crippen LogP contribution < -0.4 is 10.9 Å². The molecule has 0 spiro atoms. The molecule has 1 amide bonds. The summed E-state index contributed by atoms with van der Waals surface area (Å²) in [6.07, 6.45) is -2.39. The molecule has 9 heteroatoms. The van der Waals surface area contributed by atoms with Gasteiger partial charge in [0.1, 0.15) is 5.52 Å². The maximum absolute atomic E-state index is 12.9. The zero-order chi connectivity index (χ0) is 22.2. The van der Waals surface area contributed by atoms with Crippen molar-refractivity contribution in [1.82, 2.24) is 8.97 Å². The van der Waals surface area contributed by atoms with E-state index in [4.69, 9.17) is 11.6 Å². The largest absolute Gasteiger partial charge is 0.416 e. The van der Waals surface area contributed by atoms with Crippen LogP contribution in [0.4, 0.5) is 18.9 Å². The summed E-state index contributed by atoms with van der Waals surface area (Å²) in [6, 6.07) is 13.7. The van der Waals surface area contributed by atoms with Crippen molar-refractivity contribution in [2.45, 2.75) is 25.6 Å². The van der Waals surface area contributed by atoms with Crippen LogP contribution in [0.15, 0.2) is 65.6 Å². The van der Waals surface area contributed by atoms with Gasteiger partial charge < -0.3 is 14.3 Å². The van der Waals surface area contributed by atoms with E-state index < -0.39 is 17.6 Å². The van der Waals surface area contributed by atoms with Crippen LogP contribution in [-0.4, -0.2) is 14.9 Å². The number of para-hydroxylation sites is 2. The Labute approximate surface area is 179 Å². The van der Waals surface area contributed by atoms with E-state index in [0.717, 1.165) is 29.2 Å². The van der Waals surface area contributed by atoms with Gasteiger partial charge in [-0.1, -0.05) is 23.7 Å². The first-order chi connectivity index (χ1) is 14.8. The third-order valence-electron chi connectivity index (χ3n) is 5.00. The smallest absolute Gasteiger partial charge is 0.325 e. The summed E-state index contributed by atoms with van der Waals surface area (Å²) in [5.41, 5.74) is 0.952. The highest BCUT2D eigenvalue weighted by Gasteiger charge is 2.31. The molecule has 0 atom stereocenters. The van der Waals surface area contributed by atoms with Crippen LogP contribution in [0.2, 0.25) is 5.02 Å². The lowest BCUT2D eigenvalue weighted by Crippen LogP contribution is -2.23. The maximum atomic E-state index is 12.9. The summed E-state index contributed by atoms with van der Waals surface area (Å²) in [6.45, 7) is 0.283. The summed E-state index contributed by atoms with van der Waals surface area (Å²) in [5, 5.41) is 2.44. The third-order valence-corrected chi connectivity index (χ3v) is 5.33. The number of aryl methyl sites for hydroxylation is 1. The molecular formula is C22H17ClF3N3O2. The van der Waals surface area contributed by atoms with Gasteiger partial charge in [0.25, 0.3) is 5.56 Å². The second kappa shape index (κ2) is 8.11. The minimum atomic E-state index is -4.54. The van der Waals surface area contributed by atoms with Crippen LogP contribution in [0, 0.1) is 0 Å². The summed E-state index contributed by atoms with van der Waals surface area (Å²) in [4.78, 5) is 25.2. The lowest BCUT2D eigenvalue weighted by Gasteiger charge is -2.13. The first-order valence-corrected chi connectivity index (χ1v) is 9.89. The number of hydrogen-bond donors (Lipinski definition) is 1. The average molecular weight is 448 g/mol. The lowest BCUT2D eigenvalue weighted by atomic mass is 10.2. The van der Waals surface area contributed by atoms with Gasteiger partial charge in [0.15, 0.2) is 0 Å². The highest BCUT2D eigenvalue weighted by Crippen LogP contribution is 2.33. The number of nitrogens with zero attached hydrogens (tertiary/aromatic N) is 2. The molecule has 4 rings (SSSR count). The Bertz CT molecular complexity index is 1340.